The average Bonchev–Trinajstić information content (AvgIpc) is 2.52. The van der Waals surface area contributed by atoms with E-state index in [-0.39, 0.29) is 24.1 Å². The third-order valence-electron chi connectivity index (χ3n) is 3.08. The Balaban J connectivity index is 2.21. The van der Waals surface area contributed by atoms with Crippen LogP contribution < -0.4 is 0 Å². The molecule has 1 aliphatic carbocycles. The van der Waals surface area contributed by atoms with Gasteiger partial charge in [0, 0.05) is 5.57 Å². The summed E-state index contributed by atoms with van der Waals surface area (Å²) in [4.78, 5) is 11.5. The monoisotopic (exact) mass is 226 g/mol. The van der Waals surface area contributed by atoms with E-state index in [9.17, 15) is 4.79 Å². The molecule has 3 unspecified atom stereocenters. The standard InChI is InChI=1S/C12H18O4/c1-7-5-8(11(13)14-4)6-9-10(7)16-12(2,3)15-9/h6-7,9-10H,5H2,1-4H3. The minimum Gasteiger partial charge on any atom is -0.466 e. The summed E-state index contributed by atoms with van der Waals surface area (Å²) in [5.74, 6) is -0.560. The molecule has 0 saturated carbocycles. The van der Waals surface area contributed by atoms with E-state index in [0.29, 0.717) is 12.0 Å². The maximum absolute atomic E-state index is 11.5. The van der Waals surface area contributed by atoms with Gasteiger partial charge in [-0.2, -0.15) is 0 Å². The fourth-order valence-corrected chi connectivity index (χ4v) is 2.40. The Morgan fingerprint density at radius 2 is 2.19 bits per heavy atom. The van der Waals surface area contributed by atoms with Crippen LogP contribution in [0.4, 0.5) is 0 Å². The maximum Gasteiger partial charge on any atom is 0.333 e. The molecular weight excluding hydrogens is 208 g/mol. The van der Waals surface area contributed by atoms with Crippen molar-refractivity contribution in [2.45, 2.75) is 45.2 Å². The number of carbonyl (C=O) groups excluding carboxylic acids is 1. The zero-order valence-electron chi connectivity index (χ0n) is 10.1. The zero-order chi connectivity index (χ0) is 11.9. The Kier molecular flexibility index (Phi) is 2.80. The molecule has 0 aromatic heterocycles. The summed E-state index contributed by atoms with van der Waals surface area (Å²) < 4.78 is 16.3. The van der Waals surface area contributed by atoms with Crippen molar-refractivity contribution < 1.29 is 19.0 Å². The van der Waals surface area contributed by atoms with E-state index in [4.69, 9.17) is 14.2 Å². The second-order valence-electron chi connectivity index (χ2n) is 4.93. The molecule has 0 spiro atoms. The highest BCUT2D eigenvalue weighted by Gasteiger charge is 2.45. The summed E-state index contributed by atoms with van der Waals surface area (Å²) in [5.41, 5.74) is 0.692. The number of ether oxygens (including phenoxy) is 3. The van der Waals surface area contributed by atoms with Crippen molar-refractivity contribution in [2.24, 2.45) is 5.92 Å². The Morgan fingerprint density at radius 1 is 1.50 bits per heavy atom. The minimum atomic E-state index is -0.564. The lowest BCUT2D eigenvalue weighted by Gasteiger charge is -2.27. The van der Waals surface area contributed by atoms with Crippen molar-refractivity contribution >= 4 is 5.97 Å². The summed E-state index contributed by atoms with van der Waals surface area (Å²) in [7, 11) is 1.40. The quantitative estimate of drug-likeness (QED) is 0.638. The van der Waals surface area contributed by atoms with Gasteiger partial charge in [-0.15, -0.1) is 0 Å². The van der Waals surface area contributed by atoms with E-state index in [0.717, 1.165) is 0 Å². The van der Waals surface area contributed by atoms with Crippen LogP contribution in [0.15, 0.2) is 11.6 Å². The summed E-state index contributed by atoms with van der Waals surface area (Å²) in [5, 5.41) is 0. The predicted octanol–water partition coefficient (Wildman–Crippen LogP) is 1.65. The molecule has 1 saturated heterocycles. The van der Waals surface area contributed by atoms with Crippen LogP contribution in [0.2, 0.25) is 0 Å². The second-order valence-corrected chi connectivity index (χ2v) is 4.93. The number of hydrogen-bond donors (Lipinski definition) is 0. The highest BCUT2D eigenvalue weighted by atomic mass is 16.8. The van der Waals surface area contributed by atoms with Crippen LogP contribution >= 0.6 is 0 Å². The normalized spacial score (nSPS) is 36.5. The molecule has 0 N–H and O–H groups in total. The highest BCUT2D eigenvalue weighted by molar-refractivity contribution is 5.88. The molecule has 4 nitrogen and oxygen atoms in total. The van der Waals surface area contributed by atoms with Crippen LogP contribution in [-0.4, -0.2) is 31.1 Å². The van der Waals surface area contributed by atoms with Gasteiger partial charge in [0.15, 0.2) is 5.79 Å². The second kappa shape index (κ2) is 3.86. The van der Waals surface area contributed by atoms with Crippen LogP contribution in [0.25, 0.3) is 0 Å². The lowest BCUT2D eigenvalue weighted by molar-refractivity contribution is -0.146. The summed E-state index contributed by atoms with van der Waals surface area (Å²) in [6.45, 7) is 5.85. The van der Waals surface area contributed by atoms with Gasteiger partial charge in [-0.05, 0) is 32.3 Å². The maximum atomic E-state index is 11.5. The van der Waals surface area contributed by atoms with E-state index in [2.05, 4.69) is 6.92 Å². The lowest BCUT2D eigenvalue weighted by atomic mass is 9.86. The van der Waals surface area contributed by atoms with E-state index in [1.54, 1.807) is 0 Å². The SMILES string of the molecule is COC(=O)C1=CC2OC(C)(C)OC2C(C)C1. The molecular formula is C12H18O4. The Hall–Kier alpha value is -0.870. The van der Waals surface area contributed by atoms with Gasteiger partial charge < -0.3 is 14.2 Å². The molecule has 3 atom stereocenters. The first kappa shape index (κ1) is 11.6. The zero-order valence-corrected chi connectivity index (χ0v) is 10.1. The van der Waals surface area contributed by atoms with Gasteiger partial charge in [0.1, 0.15) is 6.10 Å². The molecule has 4 heteroatoms. The molecule has 0 radical (unpaired) electrons. The number of rotatable bonds is 1. The molecule has 1 fully saturated rings. The van der Waals surface area contributed by atoms with Crippen molar-refractivity contribution in [3.8, 4) is 0 Å². The molecule has 90 valence electrons. The van der Waals surface area contributed by atoms with Crippen LogP contribution in [0.5, 0.6) is 0 Å². The first-order valence-electron chi connectivity index (χ1n) is 5.57. The number of carbonyl (C=O) groups is 1. The Morgan fingerprint density at radius 3 is 2.81 bits per heavy atom. The molecule has 0 bridgehead atoms. The molecule has 0 aromatic carbocycles. The number of fused-ring (bicyclic) bond motifs is 1. The average molecular weight is 226 g/mol. The summed E-state index contributed by atoms with van der Waals surface area (Å²) in [6, 6.07) is 0. The third kappa shape index (κ3) is 1.99. The van der Waals surface area contributed by atoms with Crippen molar-refractivity contribution in [1.82, 2.24) is 0 Å². The molecule has 0 amide bonds. The van der Waals surface area contributed by atoms with Crippen LogP contribution in [0, 0.1) is 5.92 Å². The Labute approximate surface area is 95.6 Å². The first-order chi connectivity index (χ1) is 7.43. The highest BCUT2D eigenvalue weighted by Crippen LogP contribution is 2.38. The van der Waals surface area contributed by atoms with Gasteiger partial charge in [-0.25, -0.2) is 4.79 Å². The number of hydrogen-bond acceptors (Lipinski definition) is 4. The fraction of sp³-hybridized carbons (Fsp3) is 0.750. The van der Waals surface area contributed by atoms with Crippen molar-refractivity contribution in [2.75, 3.05) is 7.11 Å². The third-order valence-corrected chi connectivity index (χ3v) is 3.08. The molecule has 1 aliphatic heterocycles. The fourth-order valence-electron chi connectivity index (χ4n) is 2.40. The van der Waals surface area contributed by atoms with E-state index < -0.39 is 5.79 Å². The van der Waals surface area contributed by atoms with Gasteiger partial charge >= 0.3 is 5.97 Å². The van der Waals surface area contributed by atoms with Crippen molar-refractivity contribution in [3.05, 3.63) is 11.6 Å². The summed E-state index contributed by atoms with van der Waals surface area (Å²) >= 11 is 0. The molecule has 2 rings (SSSR count). The van der Waals surface area contributed by atoms with E-state index in [1.165, 1.54) is 7.11 Å². The topological polar surface area (TPSA) is 44.8 Å². The summed E-state index contributed by atoms with van der Waals surface area (Å²) in [6.07, 6.45) is 2.44. The van der Waals surface area contributed by atoms with Gasteiger partial charge in [-0.3, -0.25) is 0 Å². The predicted molar refractivity (Wildman–Crippen MR) is 57.7 cm³/mol. The van der Waals surface area contributed by atoms with E-state index in [1.807, 2.05) is 19.9 Å². The largest absolute Gasteiger partial charge is 0.466 e. The van der Waals surface area contributed by atoms with E-state index >= 15 is 0 Å². The van der Waals surface area contributed by atoms with Crippen LogP contribution in [0.3, 0.4) is 0 Å². The van der Waals surface area contributed by atoms with Gasteiger partial charge in [0.25, 0.3) is 0 Å². The Bertz CT molecular complexity index is 332. The first-order valence-corrected chi connectivity index (χ1v) is 5.57. The van der Waals surface area contributed by atoms with Crippen molar-refractivity contribution in [3.63, 3.8) is 0 Å². The molecule has 2 aliphatic rings. The van der Waals surface area contributed by atoms with Gasteiger partial charge in [0.2, 0.25) is 0 Å². The minimum absolute atomic E-state index is 0.0448. The number of methoxy groups -OCH3 is 1. The molecule has 1 heterocycles. The number of esters is 1. The molecule has 16 heavy (non-hydrogen) atoms. The lowest BCUT2D eigenvalue weighted by Crippen LogP contribution is -2.33. The van der Waals surface area contributed by atoms with Crippen LogP contribution in [-0.2, 0) is 19.0 Å². The smallest absolute Gasteiger partial charge is 0.333 e. The van der Waals surface area contributed by atoms with Crippen molar-refractivity contribution in [1.29, 1.82) is 0 Å². The molecule has 0 aromatic rings. The van der Waals surface area contributed by atoms with Gasteiger partial charge in [0.05, 0.1) is 13.2 Å². The van der Waals surface area contributed by atoms with Gasteiger partial charge in [-0.1, -0.05) is 6.92 Å². The van der Waals surface area contributed by atoms with Crippen LogP contribution in [0.1, 0.15) is 27.2 Å².